The van der Waals surface area contributed by atoms with Gasteiger partial charge in [-0.3, -0.25) is 4.79 Å². The molecule has 0 radical (unpaired) electrons. The number of ketones is 1. The molecule has 0 saturated carbocycles. The second-order valence-electron chi connectivity index (χ2n) is 4.51. The van der Waals surface area contributed by atoms with Gasteiger partial charge in [-0.15, -0.1) is 0 Å². The lowest BCUT2D eigenvalue weighted by Gasteiger charge is -2.07. The van der Waals surface area contributed by atoms with Gasteiger partial charge in [0, 0.05) is 12.0 Å². The molecule has 1 nitrogen and oxygen atoms in total. The number of halogens is 1. The van der Waals surface area contributed by atoms with Gasteiger partial charge in [0.25, 0.3) is 0 Å². The maximum Gasteiger partial charge on any atom is 0.168 e. The van der Waals surface area contributed by atoms with Crippen molar-refractivity contribution in [3.05, 3.63) is 69.7 Å². The van der Waals surface area contributed by atoms with Crippen LogP contribution in [0.15, 0.2) is 42.5 Å². The third kappa shape index (κ3) is 2.80. The standard InChI is InChI=1S/C16H15ClO/c1-11-7-8-14(15(17)9-11)16(18)10-13-6-4-3-5-12(13)2/h3-9H,10H2,1-2H3. The maximum absolute atomic E-state index is 12.2. The van der Waals surface area contributed by atoms with Gasteiger partial charge in [0.1, 0.15) is 0 Å². The first-order chi connectivity index (χ1) is 8.58. The molecule has 0 spiro atoms. The Morgan fingerprint density at radius 1 is 1.11 bits per heavy atom. The number of carbonyl (C=O) groups is 1. The van der Waals surface area contributed by atoms with E-state index in [9.17, 15) is 4.79 Å². The second kappa shape index (κ2) is 5.36. The second-order valence-corrected chi connectivity index (χ2v) is 4.92. The predicted octanol–water partition coefficient (Wildman–Crippen LogP) is 4.38. The van der Waals surface area contributed by atoms with E-state index in [0.29, 0.717) is 17.0 Å². The van der Waals surface area contributed by atoms with E-state index in [0.717, 1.165) is 16.7 Å². The highest BCUT2D eigenvalue weighted by Crippen LogP contribution is 2.20. The molecular weight excluding hydrogens is 244 g/mol. The average molecular weight is 259 g/mol. The van der Waals surface area contributed by atoms with Crippen LogP contribution in [0.25, 0.3) is 0 Å². The zero-order chi connectivity index (χ0) is 13.1. The topological polar surface area (TPSA) is 17.1 Å². The van der Waals surface area contributed by atoms with Crippen molar-refractivity contribution in [2.24, 2.45) is 0 Å². The number of benzene rings is 2. The van der Waals surface area contributed by atoms with Crippen LogP contribution in [0, 0.1) is 13.8 Å². The first kappa shape index (κ1) is 12.8. The van der Waals surface area contributed by atoms with Crippen molar-refractivity contribution < 1.29 is 4.79 Å². The highest BCUT2D eigenvalue weighted by atomic mass is 35.5. The Morgan fingerprint density at radius 3 is 2.50 bits per heavy atom. The van der Waals surface area contributed by atoms with Gasteiger partial charge in [0.05, 0.1) is 5.02 Å². The summed E-state index contributed by atoms with van der Waals surface area (Å²) >= 11 is 6.11. The molecule has 0 atom stereocenters. The fraction of sp³-hybridized carbons (Fsp3) is 0.188. The van der Waals surface area contributed by atoms with Gasteiger partial charge in [-0.2, -0.15) is 0 Å². The quantitative estimate of drug-likeness (QED) is 0.747. The smallest absolute Gasteiger partial charge is 0.168 e. The Bertz CT molecular complexity index is 587. The highest BCUT2D eigenvalue weighted by Gasteiger charge is 2.12. The zero-order valence-electron chi connectivity index (χ0n) is 10.5. The van der Waals surface area contributed by atoms with E-state index in [1.807, 2.05) is 50.2 Å². The highest BCUT2D eigenvalue weighted by molar-refractivity contribution is 6.34. The monoisotopic (exact) mass is 258 g/mol. The summed E-state index contributed by atoms with van der Waals surface area (Å²) in [5, 5.41) is 0.536. The lowest BCUT2D eigenvalue weighted by Crippen LogP contribution is -2.05. The van der Waals surface area contributed by atoms with E-state index in [4.69, 9.17) is 11.6 Å². The van der Waals surface area contributed by atoms with Crippen molar-refractivity contribution in [2.75, 3.05) is 0 Å². The van der Waals surface area contributed by atoms with Gasteiger partial charge in [-0.25, -0.2) is 0 Å². The molecule has 0 N–H and O–H groups in total. The molecule has 0 bridgehead atoms. The molecule has 2 heteroatoms. The first-order valence-electron chi connectivity index (χ1n) is 5.92. The Hall–Kier alpha value is -1.60. The molecule has 18 heavy (non-hydrogen) atoms. The fourth-order valence-electron chi connectivity index (χ4n) is 1.92. The first-order valence-corrected chi connectivity index (χ1v) is 6.29. The molecule has 0 aliphatic heterocycles. The number of carbonyl (C=O) groups excluding carboxylic acids is 1. The van der Waals surface area contributed by atoms with Crippen LogP contribution in [0.1, 0.15) is 27.0 Å². The molecule has 0 aliphatic carbocycles. The summed E-state index contributed by atoms with van der Waals surface area (Å²) in [4.78, 5) is 12.2. The fourth-order valence-corrected chi connectivity index (χ4v) is 2.26. The number of rotatable bonds is 3. The molecule has 0 unspecified atom stereocenters. The van der Waals surface area contributed by atoms with Crippen molar-refractivity contribution in [2.45, 2.75) is 20.3 Å². The largest absolute Gasteiger partial charge is 0.294 e. The molecule has 0 saturated heterocycles. The minimum atomic E-state index is 0.0642. The Labute approximate surface area is 112 Å². The van der Waals surface area contributed by atoms with Crippen molar-refractivity contribution in [3.8, 4) is 0 Å². The van der Waals surface area contributed by atoms with E-state index in [2.05, 4.69) is 0 Å². The van der Waals surface area contributed by atoms with Crippen LogP contribution in [-0.4, -0.2) is 5.78 Å². The molecule has 0 heterocycles. The summed E-state index contributed by atoms with van der Waals surface area (Å²) in [6.45, 7) is 3.97. The molecule has 2 aromatic carbocycles. The molecule has 2 aromatic rings. The summed E-state index contributed by atoms with van der Waals surface area (Å²) in [5.74, 6) is 0.0642. The lowest BCUT2D eigenvalue weighted by atomic mass is 9.99. The summed E-state index contributed by atoms with van der Waals surface area (Å²) in [5.41, 5.74) is 3.85. The van der Waals surface area contributed by atoms with Crippen molar-refractivity contribution >= 4 is 17.4 Å². The minimum Gasteiger partial charge on any atom is -0.294 e. The van der Waals surface area contributed by atoms with E-state index < -0.39 is 0 Å². The van der Waals surface area contributed by atoms with Crippen LogP contribution < -0.4 is 0 Å². The van der Waals surface area contributed by atoms with Crippen molar-refractivity contribution in [1.82, 2.24) is 0 Å². The Kier molecular flexibility index (Phi) is 3.83. The molecule has 0 amide bonds. The molecule has 0 aromatic heterocycles. The number of hydrogen-bond donors (Lipinski definition) is 0. The predicted molar refractivity (Wildman–Crippen MR) is 75.4 cm³/mol. The van der Waals surface area contributed by atoms with Crippen LogP contribution in [-0.2, 0) is 6.42 Å². The van der Waals surface area contributed by atoms with Crippen molar-refractivity contribution in [1.29, 1.82) is 0 Å². The van der Waals surface area contributed by atoms with Crippen LogP contribution in [0.5, 0.6) is 0 Å². The molecule has 0 fully saturated rings. The zero-order valence-corrected chi connectivity index (χ0v) is 11.3. The SMILES string of the molecule is Cc1ccc(C(=O)Cc2ccccc2C)c(Cl)c1. The normalized spacial score (nSPS) is 10.4. The maximum atomic E-state index is 12.2. The van der Waals surface area contributed by atoms with E-state index >= 15 is 0 Å². The van der Waals surface area contributed by atoms with E-state index in [1.165, 1.54) is 0 Å². The summed E-state index contributed by atoms with van der Waals surface area (Å²) in [6, 6.07) is 13.5. The van der Waals surface area contributed by atoms with Crippen LogP contribution >= 0.6 is 11.6 Å². The lowest BCUT2D eigenvalue weighted by molar-refractivity contribution is 0.0993. The number of hydrogen-bond acceptors (Lipinski definition) is 1. The summed E-state index contributed by atoms with van der Waals surface area (Å²) < 4.78 is 0. The average Bonchev–Trinajstić information content (AvgIpc) is 2.32. The van der Waals surface area contributed by atoms with Crippen molar-refractivity contribution in [3.63, 3.8) is 0 Å². The third-order valence-electron chi connectivity index (χ3n) is 3.04. The van der Waals surface area contributed by atoms with Gasteiger partial charge < -0.3 is 0 Å². The number of aryl methyl sites for hydroxylation is 2. The third-order valence-corrected chi connectivity index (χ3v) is 3.35. The Balaban J connectivity index is 2.25. The Morgan fingerprint density at radius 2 is 1.83 bits per heavy atom. The van der Waals surface area contributed by atoms with E-state index in [1.54, 1.807) is 6.07 Å². The van der Waals surface area contributed by atoms with Gasteiger partial charge >= 0.3 is 0 Å². The summed E-state index contributed by atoms with van der Waals surface area (Å²) in [6.07, 6.45) is 0.398. The molecule has 0 aliphatic rings. The summed E-state index contributed by atoms with van der Waals surface area (Å²) in [7, 11) is 0. The van der Waals surface area contributed by atoms with Gasteiger partial charge in [0.2, 0.25) is 0 Å². The number of Topliss-reactive ketones (excluding diaryl/α,β-unsaturated/α-hetero) is 1. The minimum absolute atomic E-state index is 0.0642. The van der Waals surface area contributed by atoms with Gasteiger partial charge in [0.15, 0.2) is 5.78 Å². The van der Waals surface area contributed by atoms with Gasteiger partial charge in [-0.05, 0) is 42.7 Å². The molecular formula is C16H15ClO. The van der Waals surface area contributed by atoms with E-state index in [-0.39, 0.29) is 5.78 Å². The molecule has 2 rings (SSSR count). The van der Waals surface area contributed by atoms with Gasteiger partial charge in [-0.1, -0.05) is 41.9 Å². The molecule has 92 valence electrons. The van der Waals surface area contributed by atoms with Crippen LogP contribution in [0.3, 0.4) is 0 Å². The van der Waals surface area contributed by atoms with Crippen LogP contribution in [0.2, 0.25) is 5.02 Å². The van der Waals surface area contributed by atoms with Crippen LogP contribution in [0.4, 0.5) is 0 Å².